The number of ketones is 1. The number of benzene rings is 2. The summed E-state index contributed by atoms with van der Waals surface area (Å²) in [5, 5.41) is 0. The van der Waals surface area contributed by atoms with Gasteiger partial charge in [-0.15, -0.1) is 0 Å². The highest BCUT2D eigenvalue weighted by molar-refractivity contribution is 9.09. The maximum Gasteiger partial charge on any atom is 0.414 e. The predicted molar refractivity (Wildman–Crippen MR) is 91.7 cm³/mol. The van der Waals surface area contributed by atoms with Crippen LogP contribution in [-0.4, -0.2) is 18.4 Å². The van der Waals surface area contributed by atoms with E-state index in [-0.39, 0.29) is 17.2 Å². The molecule has 0 fully saturated rings. The van der Waals surface area contributed by atoms with Crippen LogP contribution in [0.25, 0.3) is 0 Å². The molecule has 3 rings (SSSR count). The molecule has 23 heavy (non-hydrogen) atoms. The van der Waals surface area contributed by atoms with Gasteiger partial charge in [-0.2, -0.15) is 0 Å². The average Bonchev–Trinajstić information content (AvgIpc) is 2.72. The van der Waals surface area contributed by atoms with Crippen LogP contribution < -0.4 is 4.90 Å². The number of carbonyl (C=O) groups excluding carboxylic acids is 2. The van der Waals surface area contributed by atoms with Crippen molar-refractivity contribution in [3.63, 3.8) is 0 Å². The van der Waals surface area contributed by atoms with Gasteiger partial charge in [-0.05, 0) is 17.2 Å². The van der Waals surface area contributed by atoms with Gasteiger partial charge in [-0.3, -0.25) is 9.69 Å². The summed E-state index contributed by atoms with van der Waals surface area (Å²) < 4.78 is 5.41. The van der Waals surface area contributed by atoms with E-state index < -0.39 is 6.09 Å². The molecule has 0 radical (unpaired) electrons. The summed E-state index contributed by atoms with van der Waals surface area (Å²) in [5.74, 6) is 0.0656. The maximum atomic E-state index is 12.5. The number of ether oxygens (including phenoxy) is 1. The third kappa shape index (κ3) is 3.45. The molecule has 2 aromatic carbocycles. The average molecular weight is 374 g/mol. The van der Waals surface area contributed by atoms with Gasteiger partial charge in [0.2, 0.25) is 0 Å². The van der Waals surface area contributed by atoms with E-state index in [1.807, 2.05) is 54.6 Å². The van der Waals surface area contributed by atoms with E-state index in [0.717, 1.165) is 16.8 Å². The van der Waals surface area contributed by atoms with Crippen LogP contribution in [0.15, 0.2) is 54.6 Å². The Kier molecular flexibility index (Phi) is 4.76. The Bertz CT molecular complexity index is 717. The lowest BCUT2D eigenvalue weighted by molar-refractivity contribution is -0.118. The second-order valence-electron chi connectivity index (χ2n) is 5.33. The Hall–Kier alpha value is -2.14. The van der Waals surface area contributed by atoms with Gasteiger partial charge in [0.1, 0.15) is 11.4 Å². The lowest BCUT2D eigenvalue weighted by Gasteiger charge is -2.22. The van der Waals surface area contributed by atoms with E-state index >= 15 is 0 Å². The van der Waals surface area contributed by atoms with Crippen molar-refractivity contribution >= 4 is 33.5 Å². The molecule has 1 amide bonds. The van der Waals surface area contributed by atoms with E-state index in [2.05, 4.69) is 15.9 Å². The third-order valence-electron chi connectivity index (χ3n) is 3.79. The van der Waals surface area contributed by atoms with Crippen LogP contribution in [0.4, 0.5) is 10.5 Å². The fourth-order valence-electron chi connectivity index (χ4n) is 2.58. The van der Waals surface area contributed by atoms with E-state index in [9.17, 15) is 9.59 Å². The first-order valence-electron chi connectivity index (χ1n) is 7.41. The van der Waals surface area contributed by atoms with Crippen molar-refractivity contribution in [2.24, 2.45) is 0 Å². The van der Waals surface area contributed by atoms with Gasteiger partial charge in [0.25, 0.3) is 0 Å². The van der Waals surface area contributed by atoms with E-state index in [1.165, 1.54) is 4.90 Å². The van der Waals surface area contributed by atoms with Gasteiger partial charge in [-0.25, -0.2) is 4.79 Å². The molecule has 1 aliphatic heterocycles. The molecule has 4 nitrogen and oxygen atoms in total. The van der Waals surface area contributed by atoms with Crippen LogP contribution in [0.5, 0.6) is 0 Å². The van der Waals surface area contributed by atoms with Gasteiger partial charge in [-0.1, -0.05) is 64.5 Å². The van der Waals surface area contributed by atoms with Crippen LogP contribution in [0, 0.1) is 0 Å². The summed E-state index contributed by atoms with van der Waals surface area (Å²) >= 11 is 3.43. The minimum atomic E-state index is -0.435. The number of amides is 1. The quantitative estimate of drug-likeness (QED) is 0.739. The van der Waals surface area contributed by atoms with Gasteiger partial charge in [0.15, 0.2) is 5.78 Å². The first kappa shape index (κ1) is 15.7. The number of hydrogen-bond acceptors (Lipinski definition) is 3. The highest BCUT2D eigenvalue weighted by Gasteiger charge is 2.30. The number of anilines is 1. The molecule has 1 atom stereocenters. The number of rotatable bonds is 2. The minimum absolute atomic E-state index is 0.0656. The zero-order valence-corrected chi connectivity index (χ0v) is 14.0. The monoisotopic (exact) mass is 373 g/mol. The Morgan fingerprint density at radius 3 is 2.61 bits per heavy atom. The number of fused-ring (bicyclic) bond motifs is 1. The molecular weight excluding hydrogens is 358 g/mol. The molecule has 2 aromatic rings. The Morgan fingerprint density at radius 1 is 1.13 bits per heavy atom. The van der Waals surface area contributed by atoms with Crippen LogP contribution >= 0.6 is 15.9 Å². The van der Waals surface area contributed by atoms with E-state index in [4.69, 9.17) is 4.74 Å². The summed E-state index contributed by atoms with van der Waals surface area (Å²) in [6.07, 6.45) is -0.138. The second-order valence-corrected chi connectivity index (χ2v) is 6.25. The Labute approximate surface area is 143 Å². The SMILES string of the molecule is O=C1CCN(C(=O)OCc2ccccc2)c2ccccc2C1Br. The smallest absolute Gasteiger partial charge is 0.414 e. The van der Waals surface area contributed by atoms with Crippen molar-refractivity contribution in [3.05, 3.63) is 65.7 Å². The normalized spacial score (nSPS) is 17.3. The standard InChI is InChI=1S/C18H16BrNO3/c19-17-14-8-4-5-9-15(14)20(11-10-16(17)21)18(22)23-12-13-6-2-1-3-7-13/h1-9,17H,10-12H2. The topological polar surface area (TPSA) is 46.6 Å². The summed E-state index contributed by atoms with van der Waals surface area (Å²) in [7, 11) is 0. The summed E-state index contributed by atoms with van der Waals surface area (Å²) in [5.41, 5.74) is 2.45. The molecule has 5 heteroatoms. The van der Waals surface area contributed by atoms with Crippen LogP contribution in [0.1, 0.15) is 22.4 Å². The number of Topliss-reactive ketones (excluding diaryl/α,β-unsaturated/α-hetero) is 1. The van der Waals surface area contributed by atoms with Crippen molar-refractivity contribution < 1.29 is 14.3 Å². The molecule has 0 aromatic heterocycles. The fourth-order valence-corrected chi connectivity index (χ4v) is 3.19. The first-order chi connectivity index (χ1) is 11.2. The maximum absolute atomic E-state index is 12.5. The highest BCUT2D eigenvalue weighted by Crippen LogP contribution is 2.36. The summed E-state index contributed by atoms with van der Waals surface area (Å²) in [6, 6.07) is 16.9. The molecule has 0 aliphatic carbocycles. The van der Waals surface area contributed by atoms with Crippen LogP contribution in [-0.2, 0) is 16.1 Å². The number of alkyl halides is 1. The Morgan fingerprint density at radius 2 is 1.83 bits per heavy atom. The first-order valence-corrected chi connectivity index (χ1v) is 8.32. The minimum Gasteiger partial charge on any atom is -0.444 e. The summed E-state index contributed by atoms with van der Waals surface area (Å²) in [6.45, 7) is 0.537. The van der Waals surface area contributed by atoms with Gasteiger partial charge >= 0.3 is 6.09 Å². The van der Waals surface area contributed by atoms with Crippen LogP contribution in [0.2, 0.25) is 0 Å². The van der Waals surface area contributed by atoms with Crippen LogP contribution in [0.3, 0.4) is 0 Å². The molecule has 1 heterocycles. The van der Waals surface area contributed by atoms with Crippen molar-refractivity contribution in [1.82, 2.24) is 0 Å². The van der Waals surface area contributed by atoms with Gasteiger partial charge < -0.3 is 4.74 Å². The molecule has 118 valence electrons. The molecule has 1 unspecified atom stereocenters. The zero-order chi connectivity index (χ0) is 16.2. The largest absolute Gasteiger partial charge is 0.444 e. The Balaban J connectivity index is 1.80. The number of carbonyl (C=O) groups is 2. The predicted octanol–water partition coefficient (Wildman–Crippen LogP) is 4.24. The van der Waals surface area contributed by atoms with Gasteiger partial charge in [0, 0.05) is 13.0 Å². The molecule has 0 bridgehead atoms. The molecular formula is C18H16BrNO3. The lowest BCUT2D eigenvalue weighted by atomic mass is 10.1. The molecule has 0 N–H and O–H groups in total. The second kappa shape index (κ2) is 6.96. The van der Waals surface area contributed by atoms with E-state index in [1.54, 1.807) is 0 Å². The molecule has 0 saturated heterocycles. The fraction of sp³-hybridized carbons (Fsp3) is 0.222. The van der Waals surface area contributed by atoms with Crippen molar-refractivity contribution in [2.45, 2.75) is 17.9 Å². The molecule has 0 spiro atoms. The van der Waals surface area contributed by atoms with Gasteiger partial charge in [0.05, 0.1) is 5.69 Å². The number of para-hydroxylation sites is 1. The van der Waals surface area contributed by atoms with Crippen molar-refractivity contribution in [1.29, 1.82) is 0 Å². The lowest BCUT2D eigenvalue weighted by Crippen LogP contribution is -2.32. The third-order valence-corrected chi connectivity index (χ3v) is 4.79. The number of halogens is 1. The molecule has 1 aliphatic rings. The highest BCUT2D eigenvalue weighted by atomic mass is 79.9. The molecule has 0 saturated carbocycles. The number of hydrogen-bond donors (Lipinski definition) is 0. The van der Waals surface area contributed by atoms with Crippen molar-refractivity contribution in [2.75, 3.05) is 11.4 Å². The number of nitrogens with zero attached hydrogens (tertiary/aromatic N) is 1. The van der Waals surface area contributed by atoms with Crippen molar-refractivity contribution in [3.8, 4) is 0 Å². The zero-order valence-electron chi connectivity index (χ0n) is 12.4. The van der Waals surface area contributed by atoms with E-state index in [0.29, 0.717) is 13.0 Å². The summed E-state index contributed by atoms with van der Waals surface area (Å²) in [4.78, 5) is 25.7.